The number of rotatable bonds is 46. The lowest BCUT2D eigenvalue weighted by molar-refractivity contribution is -0.163. The monoisotopic (exact) mass is 813 g/mol. The molecule has 338 valence electrons. The maximum atomic E-state index is 12.8. The van der Waals surface area contributed by atoms with E-state index in [0.29, 0.717) is 19.4 Å². The van der Waals surface area contributed by atoms with Gasteiger partial charge in [0.1, 0.15) is 6.61 Å². The van der Waals surface area contributed by atoms with E-state index < -0.39 is 6.10 Å². The fourth-order valence-electron chi connectivity index (χ4n) is 6.99. The molecule has 0 aromatic heterocycles. The zero-order valence-electron chi connectivity index (χ0n) is 38.8. The molecule has 58 heavy (non-hydrogen) atoms. The number of allylic oxidation sites excluding steroid dienone is 8. The van der Waals surface area contributed by atoms with Gasteiger partial charge in [-0.3, -0.25) is 9.59 Å². The first-order valence-electron chi connectivity index (χ1n) is 25.2. The average Bonchev–Trinajstić information content (AvgIpc) is 3.22. The number of carbonyl (C=O) groups is 2. The molecule has 0 aliphatic carbocycles. The van der Waals surface area contributed by atoms with Crippen LogP contribution in [0, 0.1) is 0 Å². The Morgan fingerprint density at radius 1 is 0.379 bits per heavy atom. The van der Waals surface area contributed by atoms with Crippen LogP contribution in [-0.4, -0.2) is 37.9 Å². The highest BCUT2D eigenvalue weighted by molar-refractivity contribution is 5.70. The van der Waals surface area contributed by atoms with E-state index in [-0.39, 0.29) is 25.2 Å². The number of unbranched alkanes of at least 4 members (excludes halogenated alkanes) is 27. The number of esters is 2. The minimum atomic E-state index is -0.546. The van der Waals surface area contributed by atoms with Gasteiger partial charge in [-0.15, -0.1) is 0 Å². The topological polar surface area (TPSA) is 61.8 Å². The highest BCUT2D eigenvalue weighted by atomic mass is 16.6. The van der Waals surface area contributed by atoms with Crippen LogP contribution in [-0.2, 0) is 23.8 Å². The normalized spacial score (nSPS) is 12.5. The zero-order chi connectivity index (χ0) is 42.1. The number of hydrogen-bond acceptors (Lipinski definition) is 5. The molecule has 5 heteroatoms. The number of hydrogen-bond donors (Lipinski definition) is 0. The lowest BCUT2D eigenvalue weighted by Gasteiger charge is -2.18. The van der Waals surface area contributed by atoms with Crippen molar-refractivity contribution in [3.63, 3.8) is 0 Å². The second-order valence-electron chi connectivity index (χ2n) is 16.7. The summed E-state index contributed by atoms with van der Waals surface area (Å²) in [7, 11) is 0. The van der Waals surface area contributed by atoms with Gasteiger partial charge in [0.25, 0.3) is 0 Å². The van der Waals surface area contributed by atoms with Crippen LogP contribution in [0.5, 0.6) is 0 Å². The highest BCUT2D eigenvalue weighted by Crippen LogP contribution is 2.14. The summed E-state index contributed by atoms with van der Waals surface area (Å²) < 4.78 is 17.4. The van der Waals surface area contributed by atoms with Gasteiger partial charge in [0.05, 0.1) is 6.61 Å². The summed E-state index contributed by atoms with van der Waals surface area (Å²) in [6, 6.07) is 0. The van der Waals surface area contributed by atoms with Crippen LogP contribution < -0.4 is 0 Å². The molecule has 0 radical (unpaired) electrons. The molecular weight excluding hydrogens is 717 g/mol. The standard InChI is InChI=1S/C53H96O5/c1-4-7-10-13-16-19-22-25-26-27-28-30-31-34-37-40-43-46-52(54)57-50-51(49-56-48-45-42-39-36-33-24-21-18-15-12-9-6-3)58-53(55)47-44-41-38-35-32-29-23-20-17-14-11-8-5-2/h11,14-15,18,20,23,25-26,51H,4-10,12-13,16-17,19,21-22,24,27-50H2,1-3H3/b14-11-,18-15-,23-20-,26-25-. The third-order valence-corrected chi connectivity index (χ3v) is 10.8. The summed E-state index contributed by atoms with van der Waals surface area (Å²) in [5.41, 5.74) is 0. The van der Waals surface area contributed by atoms with Crippen molar-refractivity contribution < 1.29 is 23.8 Å². The van der Waals surface area contributed by atoms with Crippen molar-refractivity contribution in [3.05, 3.63) is 48.6 Å². The molecule has 0 spiro atoms. The first kappa shape index (κ1) is 55.9. The number of ether oxygens (including phenoxy) is 3. The molecule has 1 unspecified atom stereocenters. The van der Waals surface area contributed by atoms with Gasteiger partial charge in [-0.2, -0.15) is 0 Å². The second kappa shape index (κ2) is 49.2. The molecule has 0 aliphatic rings. The Bertz CT molecular complexity index is 966. The van der Waals surface area contributed by atoms with Crippen LogP contribution in [0.15, 0.2) is 48.6 Å². The van der Waals surface area contributed by atoms with E-state index in [1.165, 1.54) is 161 Å². The van der Waals surface area contributed by atoms with Crippen molar-refractivity contribution in [2.75, 3.05) is 19.8 Å². The molecule has 0 bridgehead atoms. The van der Waals surface area contributed by atoms with Gasteiger partial charge in [-0.1, -0.05) is 198 Å². The third kappa shape index (κ3) is 46.5. The molecule has 0 aliphatic heterocycles. The Balaban J connectivity index is 4.25. The van der Waals surface area contributed by atoms with E-state index >= 15 is 0 Å². The van der Waals surface area contributed by atoms with Gasteiger partial charge < -0.3 is 14.2 Å². The quantitative estimate of drug-likeness (QED) is 0.0348. The summed E-state index contributed by atoms with van der Waals surface area (Å²) in [5.74, 6) is -0.416. The van der Waals surface area contributed by atoms with Gasteiger partial charge in [-0.25, -0.2) is 0 Å². The lowest BCUT2D eigenvalue weighted by Crippen LogP contribution is -2.30. The van der Waals surface area contributed by atoms with Crippen molar-refractivity contribution >= 4 is 11.9 Å². The van der Waals surface area contributed by atoms with Crippen LogP contribution in [0.2, 0.25) is 0 Å². The minimum Gasteiger partial charge on any atom is -0.462 e. The molecule has 0 rings (SSSR count). The third-order valence-electron chi connectivity index (χ3n) is 10.8. The Kier molecular flexibility index (Phi) is 47.4. The Morgan fingerprint density at radius 2 is 0.776 bits per heavy atom. The van der Waals surface area contributed by atoms with E-state index in [9.17, 15) is 9.59 Å². The average molecular weight is 813 g/mol. The van der Waals surface area contributed by atoms with Gasteiger partial charge in [-0.05, 0) is 89.9 Å². The van der Waals surface area contributed by atoms with Crippen LogP contribution in [0.3, 0.4) is 0 Å². The zero-order valence-corrected chi connectivity index (χ0v) is 38.8. The van der Waals surface area contributed by atoms with Gasteiger partial charge >= 0.3 is 11.9 Å². The van der Waals surface area contributed by atoms with E-state index in [2.05, 4.69) is 69.4 Å². The maximum absolute atomic E-state index is 12.8. The van der Waals surface area contributed by atoms with Crippen molar-refractivity contribution in [1.82, 2.24) is 0 Å². The minimum absolute atomic E-state index is 0.0762. The van der Waals surface area contributed by atoms with Crippen molar-refractivity contribution in [1.29, 1.82) is 0 Å². The Labute approximate surface area is 361 Å². The van der Waals surface area contributed by atoms with Crippen LogP contribution in [0.1, 0.15) is 252 Å². The summed E-state index contributed by atoms with van der Waals surface area (Å²) in [6.07, 6.45) is 59.7. The smallest absolute Gasteiger partial charge is 0.306 e. The molecular formula is C53H96O5. The largest absolute Gasteiger partial charge is 0.462 e. The van der Waals surface area contributed by atoms with Crippen LogP contribution in [0.25, 0.3) is 0 Å². The van der Waals surface area contributed by atoms with Crippen molar-refractivity contribution in [2.45, 2.75) is 258 Å². The fourth-order valence-corrected chi connectivity index (χ4v) is 6.99. The molecule has 5 nitrogen and oxygen atoms in total. The van der Waals surface area contributed by atoms with E-state index in [1.54, 1.807) is 0 Å². The Morgan fingerprint density at radius 3 is 1.28 bits per heavy atom. The molecule has 0 aromatic rings. The Hall–Kier alpha value is -2.14. The second-order valence-corrected chi connectivity index (χ2v) is 16.7. The summed E-state index contributed by atoms with van der Waals surface area (Å²) in [4.78, 5) is 25.3. The maximum Gasteiger partial charge on any atom is 0.306 e. The van der Waals surface area contributed by atoms with Crippen molar-refractivity contribution in [2.24, 2.45) is 0 Å². The van der Waals surface area contributed by atoms with Crippen molar-refractivity contribution in [3.8, 4) is 0 Å². The van der Waals surface area contributed by atoms with E-state index in [4.69, 9.17) is 14.2 Å². The molecule has 1 atom stereocenters. The van der Waals surface area contributed by atoms with Gasteiger partial charge in [0.15, 0.2) is 6.10 Å². The predicted octanol–water partition coefficient (Wildman–Crippen LogP) is 16.8. The number of carbonyl (C=O) groups excluding carboxylic acids is 2. The summed E-state index contributed by atoms with van der Waals surface area (Å²) in [6.45, 7) is 7.72. The van der Waals surface area contributed by atoms with Gasteiger partial charge in [0, 0.05) is 19.4 Å². The lowest BCUT2D eigenvalue weighted by atomic mass is 10.1. The molecule has 0 saturated heterocycles. The molecule has 0 N–H and O–H groups in total. The highest BCUT2D eigenvalue weighted by Gasteiger charge is 2.17. The first-order valence-corrected chi connectivity index (χ1v) is 25.2. The molecule has 0 aromatic carbocycles. The molecule has 0 saturated carbocycles. The van der Waals surface area contributed by atoms with E-state index in [1.807, 2.05) is 0 Å². The predicted molar refractivity (Wildman–Crippen MR) is 251 cm³/mol. The van der Waals surface area contributed by atoms with E-state index in [0.717, 1.165) is 57.8 Å². The van der Waals surface area contributed by atoms with Crippen LogP contribution in [0.4, 0.5) is 0 Å². The molecule has 0 heterocycles. The molecule has 0 amide bonds. The SMILES string of the molecule is CCC/C=C\C/C=C\CCCCCCCC(=O)OC(COCCCCCCCC/C=C\CCCC)COC(=O)CCCCCCCCC/C=C\CCCCCCCC. The fraction of sp³-hybridized carbons (Fsp3) is 0.811. The first-order chi connectivity index (χ1) is 28.6. The summed E-state index contributed by atoms with van der Waals surface area (Å²) >= 11 is 0. The van der Waals surface area contributed by atoms with Crippen LogP contribution >= 0.6 is 0 Å². The van der Waals surface area contributed by atoms with Gasteiger partial charge in [0.2, 0.25) is 0 Å². The summed E-state index contributed by atoms with van der Waals surface area (Å²) in [5, 5.41) is 0. The molecule has 0 fully saturated rings.